The van der Waals surface area contributed by atoms with E-state index < -0.39 is 5.97 Å². The number of carbonyl (C=O) groups excluding carboxylic acids is 1. The predicted molar refractivity (Wildman–Crippen MR) is 66.6 cm³/mol. The summed E-state index contributed by atoms with van der Waals surface area (Å²) < 4.78 is 10.5. The van der Waals surface area contributed by atoms with Crippen molar-refractivity contribution >= 4 is 5.97 Å². The molecule has 0 aliphatic rings. The second-order valence-corrected chi connectivity index (χ2v) is 3.55. The van der Waals surface area contributed by atoms with Crippen LogP contribution in [0.1, 0.15) is 25.0 Å². The molecular weight excluding hydrogens is 216 g/mol. The fraction of sp³-hybridized carbons (Fsp3) is 0.357. The Bertz CT molecular complexity index is 346. The Morgan fingerprint density at radius 1 is 1.35 bits per heavy atom. The Labute approximate surface area is 102 Å². The van der Waals surface area contributed by atoms with Crippen LogP contribution in [0.2, 0.25) is 0 Å². The molecule has 1 atom stereocenters. The lowest BCUT2D eigenvalue weighted by atomic mass is 10.1. The first kappa shape index (κ1) is 13.5. The molecule has 0 heterocycles. The quantitative estimate of drug-likeness (QED) is 0.413. The summed E-state index contributed by atoms with van der Waals surface area (Å²) in [5.74, 6) is -0.415. The van der Waals surface area contributed by atoms with Crippen LogP contribution in [0.4, 0.5) is 0 Å². The molecule has 0 radical (unpaired) electrons. The van der Waals surface area contributed by atoms with Crippen LogP contribution in [0.5, 0.6) is 0 Å². The van der Waals surface area contributed by atoms with Crippen LogP contribution in [-0.2, 0) is 14.3 Å². The molecule has 0 aliphatic heterocycles. The van der Waals surface area contributed by atoms with E-state index in [1.807, 2.05) is 30.3 Å². The molecule has 0 bridgehead atoms. The third-order valence-electron chi connectivity index (χ3n) is 2.36. The zero-order valence-electron chi connectivity index (χ0n) is 10.1. The smallest absolute Gasteiger partial charge is 0.330 e. The van der Waals surface area contributed by atoms with E-state index in [1.165, 1.54) is 0 Å². The number of benzene rings is 1. The van der Waals surface area contributed by atoms with Gasteiger partial charge in [-0.3, -0.25) is 0 Å². The van der Waals surface area contributed by atoms with Crippen LogP contribution in [-0.4, -0.2) is 19.2 Å². The van der Waals surface area contributed by atoms with Crippen molar-refractivity contribution in [1.82, 2.24) is 0 Å². The van der Waals surface area contributed by atoms with Gasteiger partial charge in [0, 0.05) is 6.08 Å². The van der Waals surface area contributed by atoms with E-state index in [-0.39, 0.29) is 12.7 Å². The van der Waals surface area contributed by atoms with Crippen molar-refractivity contribution < 1.29 is 14.3 Å². The summed E-state index contributed by atoms with van der Waals surface area (Å²) in [6, 6.07) is 10.0. The number of hydrogen-bond acceptors (Lipinski definition) is 3. The van der Waals surface area contributed by atoms with Gasteiger partial charge >= 0.3 is 5.97 Å². The second kappa shape index (κ2) is 7.63. The summed E-state index contributed by atoms with van der Waals surface area (Å²) in [5.41, 5.74) is 1.14. The van der Waals surface area contributed by atoms with Crippen LogP contribution in [0.25, 0.3) is 0 Å². The lowest BCUT2D eigenvalue weighted by Gasteiger charge is -2.16. The zero-order chi connectivity index (χ0) is 12.5. The molecule has 0 fully saturated rings. The predicted octanol–water partition coefficient (Wildman–Crippen LogP) is 2.88. The molecule has 0 amide bonds. The first-order chi connectivity index (χ1) is 8.27. The molecular formula is C14H18O3. The lowest BCUT2D eigenvalue weighted by molar-refractivity contribution is -0.140. The molecule has 0 aliphatic carbocycles. The summed E-state index contributed by atoms with van der Waals surface area (Å²) in [6.07, 6.45) is 2.09. The van der Waals surface area contributed by atoms with Crippen molar-refractivity contribution in [2.75, 3.05) is 13.2 Å². The molecule has 0 N–H and O–H groups in total. The van der Waals surface area contributed by atoms with Crippen molar-refractivity contribution in [2.45, 2.75) is 19.4 Å². The number of carbonyl (C=O) groups is 1. The number of rotatable bonds is 7. The molecule has 1 unspecified atom stereocenters. The maximum absolute atomic E-state index is 10.8. The van der Waals surface area contributed by atoms with Gasteiger partial charge in [0.05, 0.1) is 12.7 Å². The van der Waals surface area contributed by atoms with Gasteiger partial charge in [-0.15, -0.1) is 0 Å². The van der Waals surface area contributed by atoms with Gasteiger partial charge in [0.2, 0.25) is 0 Å². The normalized spacial score (nSPS) is 11.8. The fourth-order valence-corrected chi connectivity index (χ4v) is 1.51. The highest BCUT2D eigenvalue weighted by Gasteiger charge is 2.08. The van der Waals surface area contributed by atoms with E-state index in [0.717, 1.165) is 18.1 Å². The molecule has 3 nitrogen and oxygen atoms in total. The summed E-state index contributed by atoms with van der Waals surface area (Å²) in [6.45, 7) is 6.04. The summed E-state index contributed by atoms with van der Waals surface area (Å²) >= 11 is 0. The maximum Gasteiger partial charge on any atom is 0.330 e. The summed E-state index contributed by atoms with van der Waals surface area (Å²) in [5, 5.41) is 0. The maximum atomic E-state index is 10.8. The van der Waals surface area contributed by atoms with E-state index in [1.54, 1.807) is 0 Å². The molecule has 1 aromatic carbocycles. The first-order valence-electron chi connectivity index (χ1n) is 5.73. The van der Waals surface area contributed by atoms with Gasteiger partial charge in [-0.25, -0.2) is 4.79 Å². The van der Waals surface area contributed by atoms with Gasteiger partial charge < -0.3 is 9.47 Å². The minimum Gasteiger partial charge on any atom is -0.460 e. The van der Waals surface area contributed by atoms with Crippen LogP contribution in [0, 0.1) is 0 Å². The van der Waals surface area contributed by atoms with Crippen molar-refractivity contribution in [1.29, 1.82) is 0 Å². The van der Waals surface area contributed by atoms with Crippen molar-refractivity contribution in [3.05, 3.63) is 48.6 Å². The van der Waals surface area contributed by atoms with Crippen molar-refractivity contribution in [3.8, 4) is 0 Å². The van der Waals surface area contributed by atoms with E-state index in [0.29, 0.717) is 6.61 Å². The minimum absolute atomic E-state index is 0.0543. The van der Waals surface area contributed by atoms with E-state index >= 15 is 0 Å². The second-order valence-electron chi connectivity index (χ2n) is 3.55. The largest absolute Gasteiger partial charge is 0.460 e. The fourth-order valence-electron chi connectivity index (χ4n) is 1.51. The van der Waals surface area contributed by atoms with Crippen LogP contribution in [0.3, 0.4) is 0 Å². The molecule has 0 saturated carbocycles. The van der Waals surface area contributed by atoms with Crippen LogP contribution >= 0.6 is 0 Å². The molecule has 92 valence electrons. The monoisotopic (exact) mass is 234 g/mol. The first-order valence-corrected chi connectivity index (χ1v) is 5.73. The zero-order valence-corrected chi connectivity index (χ0v) is 10.1. The average molecular weight is 234 g/mol. The molecule has 0 saturated heterocycles. The van der Waals surface area contributed by atoms with Gasteiger partial charge in [0.25, 0.3) is 0 Å². The highest BCUT2D eigenvalue weighted by Crippen LogP contribution is 2.20. The van der Waals surface area contributed by atoms with Gasteiger partial charge in [-0.05, 0) is 12.0 Å². The van der Waals surface area contributed by atoms with Crippen molar-refractivity contribution in [2.24, 2.45) is 0 Å². The van der Waals surface area contributed by atoms with Gasteiger partial charge in [-0.1, -0.05) is 43.8 Å². The Morgan fingerprint density at radius 3 is 2.65 bits per heavy atom. The summed E-state index contributed by atoms with van der Waals surface area (Å²) in [7, 11) is 0. The molecule has 0 aromatic heterocycles. The van der Waals surface area contributed by atoms with Crippen molar-refractivity contribution in [3.63, 3.8) is 0 Å². The topological polar surface area (TPSA) is 35.5 Å². The lowest BCUT2D eigenvalue weighted by Crippen LogP contribution is -2.11. The Kier molecular flexibility index (Phi) is 6.04. The number of ether oxygens (including phenoxy) is 2. The molecule has 1 rings (SSSR count). The number of hydrogen-bond donors (Lipinski definition) is 0. The van der Waals surface area contributed by atoms with E-state index in [2.05, 4.69) is 13.5 Å². The van der Waals surface area contributed by atoms with Crippen LogP contribution < -0.4 is 0 Å². The Balaban J connectivity index is 2.33. The molecule has 0 spiro atoms. The highest BCUT2D eigenvalue weighted by molar-refractivity contribution is 5.81. The molecule has 3 heteroatoms. The van der Waals surface area contributed by atoms with Crippen LogP contribution in [0.15, 0.2) is 43.0 Å². The minimum atomic E-state index is -0.415. The molecule has 17 heavy (non-hydrogen) atoms. The molecule has 1 aromatic rings. The third-order valence-corrected chi connectivity index (χ3v) is 2.36. The Hall–Kier alpha value is -1.61. The van der Waals surface area contributed by atoms with E-state index in [9.17, 15) is 4.79 Å². The Morgan fingerprint density at radius 2 is 2.06 bits per heavy atom. The third kappa shape index (κ3) is 4.83. The highest BCUT2D eigenvalue weighted by atomic mass is 16.6. The standard InChI is InChI=1S/C14H18O3/c1-3-13(12-8-6-5-7-9-12)16-10-11-17-14(15)4-2/h4-9,13H,2-3,10-11H2,1H3. The van der Waals surface area contributed by atoms with Gasteiger partial charge in [0.1, 0.15) is 6.61 Å². The number of esters is 1. The van der Waals surface area contributed by atoms with E-state index in [4.69, 9.17) is 9.47 Å². The summed E-state index contributed by atoms with van der Waals surface area (Å²) in [4.78, 5) is 10.8. The average Bonchev–Trinajstić information content (AvgIpc) is 2.39. The van der Waals surface area contributed by atoms with Gasteiger partial charge in [0.15, 0.2) is 0 Å². The SMILES string of the molecule is C=CC(=O)OCCOC(CC)c1ccccc1. The van der Waals surface area contributed by atoms with Gasteiger partial charge in [-0.2, -0.15) is 0 Å².